The molecule has 0 aliphatic heterocycles. The molecule has 1 aliphatic rings. The summed E-state index contributed by atoms with van der Waals surface area (Å²) >= 11 is 0. The number of fused-ring (bicyclic) bond motifs is 4. The molecular weight excluding hydrogens is 438 g/mol. The number of nitrogens with zero attached hydrogens (tertiary/aromatic N) is 7. The first kappa shape index (κ1) is 21.3. The van der Waals surface area contributed by atoms with Crippen molar-refractivity contribution in [3.05, 3.63) is 82.2 Å². The van der Waals surface area contributed by atoms with Crippen molar-refractivity contribution in [2.45, 2.75) is 45.6 Å². The molecule has 4 aromatic heterocycles. The average Bonchev–Trinajstić information content (AvgIpc) is 3.19. The Kier molecular flexibility index (Phi) is 5.41. The van der Waals surface area contributed by atoms with Crippen molar-refractivity contribution >= 4 is 39.4 Å². The minimum Gasteiger partial charge on any atom is -0.296 e. The van der Waals surface area contributed by atoms with E-state index in [-0.39, 0.29) is 5.56 Å². The first-order valence-corrected chi connectivity index (χ1v) is 12.0. The summed E-state index contributed by atoms with van der Waals surface area (Å²) < 4.78 is 3.39. The van der Waals surface area contributed by atoms with Crippen LogP contribution in [-0.2, 0) is 6.54 Å². The predicted octanol–water partition coefficient (Wildman–Crippen LogP) is 4.77. The monoisotopic (exact) mass is 463 g/mol. The summed E-state index contributed by atoms with van der Waals surface area (Å²) in [5.41, 5.74) is 5.12. The van der Waals surface area contributed by atoms with E-state index in [1.165, 1.54) is 18.4 Å². The number of para-hydroxylation sites is 2. The van der Waals surface area contributed by atoms with E-state index in [9.17, 15) is 4.79 Å². The Bertz CT molecular complexity index is 1680. The molecule has 0 atom stereocenters. The largest absolute Gasteiger partial charge is 0.296 e. The maximum Gasteiger partial charge on any atom is 0.265 e. The van der Waals surface area contributed by atoms with Gasteiger partial charge in [-0.15, -0.1) is 0 Å². The summed E-state index contributed by atoms with van der Waals surface area (Å²) in [6, 6.07) is 11.4. The van der Waals surface area contributed by atoms with Crippen LogP contribution in [0.15, 0.2) is 70.3 Å². The molecule has 35 heavy (non-hydrogen) atoms. The Labute approximate surface area is 201 Å². The van der Waals surface area contributed by atoms with Gasteiger partial charge in [0, 0.05) is 24.5 Å². The average molecular weight is 464 g/mol. The summed E-state index contributed by atoms with van der Waals surface area (Å²) in [6.07, 6.45) is 13.0. The molecule has 0 N–H and O–H groups in total. The number of benzene rings is 1. The van der Waals surface area contributed by atoms with Crippen molar-refractivity contribution in [3.8, 4) is 0 Å². The van der Waals surface area contributed by atoms with Gasteiger partial charge in [-0.2, -0.15) is 9.78 Å². The summed E-state index contributed by atoms with van der Waals surface area (Å²) in [5.74, 6) is 0.657. The van der Waals surface area contributed by atoms with Crippen LogP contribution in [0, 0.1) is 6.92 Å². The second-order valence-electron chi connectivity index (χ2n) is 8.90. The van der Waals surface area contributed by atoms with Gasteiger partial charge in [-0.1, -0.05) is 29.8 Å². The highest BCUT2D eigenvalue weighted by molar-refractivity contribution is 6.04. The fourth-order valence-corrected chi connectivity index (χ4v) is 4.75. The summed E-state index contributed by atoms with van der Waals surface area (Å²) in [6.45, 7) is 2.48. The van der Waals surface area contributed by atoms with E-state index in [0.29, 0.717) is 34.6 Å². The van der Waals surface area contributed by atoms with Crippen LogP contribution in [0.25, 0.3) is 33.2 Å². The Balaban J connectivity index is 1.56. The van der Waals surface area contributed by atoms with Gasteiger partial charge < -0.3 is 0 Å². The third-order valence-electron chi connectivity index (χ3n) is 6.58. The first-order valence-electron chi connectivity index (χ1n) is 12.0. The lowest BCUT2D eigenvalue weighted by atomic mass is 9.97. The van der Waals surface area contributed by atoms with Gasteiger partial charge in [-0.05, 0) is 57.2 Å². The van der Waals surface area contributed by atoms with E-state index < -0.39 is 0 Å². The molecule has 0 fully saturated rings. The third kappa shape index (κ3) is 3.90. The van der Waals surface area contributed by atoms with Crippen molar-refractivity contribution in [1.82, 2.24) is 29.2 Å². The van der Waals surface area contributed by atoms with Crippen LogP contribution in [-0.4, -0.2) is 35.4 Å². The van der Waals surface area contributed by atoms with Crippen molar-refractivity contribution in [1.29, 1.82) is 0 Å². The maximum absolute atomic E-state index is 13.8. The zero-order valence-corrected chi connectivity index (χ0v) is 19.6. The van der Waals surface area contributed by atoms with Gasteiger partial charge in [-0.25, -0.2) is 15.0 Å². The highest BCUT2D eigenvalue weighted by atomic mass is 16.1. The fraction of sp³-hybridized carbons (Fsp3) is 0.259. The smallest absolute Gasteiger partial charge is 0.265 e. The van der Waals surface area contributed by atoms with Gasteiger partial charge in [0.2, 0.25) is 0 Å². The normalized spacial score (nSPS) is 14.4. The fourth-order valence-electron chi connectivity index (χ4n) is 4.75. The molecule has 1 aliphatic carbocycles. The predicted molar refractivity (Wildman–Crippen MR) is 138 cm³/mol. The van der Waals surface area contributed by atoms with Crippen molar-refractivity contribution < 1.29 is 0 Å². The second-order valence-corrected chi connectivity index (χ2v) is 8.90. The molecule has 6 rings (SSSR count). The molecule has 1 aromatic carbocycles. The van der Waals surface area contributed by atoms with Gasteiger partial charge in [-0.3, -0.25) is 14.3 Å². The van der Waals surface area contributed by atoms with Crippen molar-refractivity contribution in [2.75, 3.05) is 0 Å². The van der Waals surface area contributed by atoms with Gasteiger partial charge in [0.1, 0.15) is 16.7 Å². The lowest BCUT2D eigenvalue weighted by Crippen LogP contribution is -2.24. The Morgan fingerprint density at radius 2 is 1.89 bits per heavy atom. The van der Waals surface area contributed by atoms with E-state index in [0.717, 1.165) is 35.9 Å². The second kappa shape index (κ2) is 8.87. The van der Waals surface area contributed by atoms with Crippen LogP contribution in [0.2, 0.25) is 0 Å². The Hall–Kier alpha value is -4.20. The van der Waals surface area contributed by atoms with Crippen LogP contribution in [0.5, 0.6) is 0 Å². The first-order chi connectivity index (χ1) is 17.2. The molecule has 0 saturated carbocycles. The minimum absolute atomic E-state index is 0.103. The molecule has 0 unspecified atom stereocenters. The number of aryl methyl sites for hydroxylation is 1. The lowest BCUT2D eigenvalue weighted by Gasteiger charge is -2.14. The van der Waals surface area contributed by atoms with Crippen molar-refractivity contribution in [2.24, 2.45) is 5.10 Å². The van der Waals surface area contributed by atoms with Gasteiger partial charge in [0.25, 0.3) is 5.56 Å². The number of hydrogen-bond acceptors (Lipinski definition) is 6. The lowest BCUT2D eigenvalue weighted by molar-refractivity contribution is 0.597. The van der Waals surface area contributed by atoms with Crippen molar-refractivity contribution in [3.63, 3.8) is 0 Å². The summed E-state index contributed by atoms with van der Waals surface area (Å²) in [7, 11) is 0. The quantitative estimate of drug-likeness (QED) is 0.277. The van der Waals surface area contributed by atoms with E-state index in [2.05, 4.69) is 16.2 Å². The number of rotatable bonds is 5. The minimum atomic E-state index is -0.103. The van der Waals surface area contributed by atoms with Crippen LogP contribution in [0.4, 0.5) is 0 Å². The number of aromatic nitrogens is 6. The van der Waals surface area contributed by atoms with Crippen LogP contribution in [0.1, 0.15) is 43.5 Å². The zero-order chi connectivity index (χ0) is 23.8. The number of allylic oxidation sites excluding steroid dienone is 2. The molecule has 0 spiro atoms. The van der Waals surface area contributed by atoms with Crippen LogP contribution < -0.4 is 5.56 Å². The molecule has 0 radical (unpaired) electrons. The zero-order valence-electron chi connectivity index (χ0n) is 19.6. The standard InChI is InChI=1S/C27H25N7O/c1-18-30-25-23(27(35)33(18)15-13-19-8-3-2-4-9-19)24-26(32-22-12-6-5-11-21(22)31-24)34(25)29-17-20-10-7-14-28-16-20/h5-8,10-12,14,16-17H,2-4,9,13,15H2,1H3/b29-17-. The summed E-state index contributed by atoms with van der Waals surface area (Å²) in [4.78, 5) is 32.5. The van der Waals surface area contributed by atoms with Crippen LogP contribution in [0.3, 0.4) is 0 Å². The molecule has 8 heteroatoms. The number of hydrogen-bond donors (Lipinski definition) is 0. The van der Waals surface area contributed by atoms with Gasteiger partial charge in [0.05, 0.1) is 17.2 Å². The molecule has 174 valence electrons. The molecule has 0 amide bonds. The summed E-state index contributed by atoms with van der Waals surface area (Å²) in [5, 5.41) is 5.11. The number of pyridine rings is 1. The highest BCUT2D eigenvalue weighted by Crippen LogP contribution is 2.26. The SMILES string of the molecule is Cc1nc2c(c(=O)n1CCC1=CCCCC1)c1nc3ccccc3nc1n2/N=C\c1cccnc1. The highest BCUT2D eigenvalue weighted by Gasteiger charge is 2.21. The van der Waals surface area contributed by atoms with Crippen LogP contribution >= 0.6 is 0 Å². The van der Waals surface area contributed by atoms with Gasteiger partial charge >= 0.3 is 0 Å². The molecule has 0 saturated heterocycles. The van der Waals surface area contributed by atoms with E-state index >= 15 is 0 Å². The molecule has 5 aromatic rings. The van der Waals surface area contributed by atoms with Gasteiger partial charge in [0.15, 0.2) is 11.3 Å². The van der Waals surface area contributed by atoms with E-state index in [1.807, 2.05) is 43.3 Å². The Morgan fingerprint density at radius 1 is 1.03 bits per heavy atom. The molecule has 0 bridgehead atoms. The Morgan fingerprint density at radius 3 is 2.66 bits per heavy atom. The topological polar surface area (TPSA) is 90.8 Å². The maximum atomic E-state index is 13.8. The van der Waals surface area contributed by atoms with E-state index in [1.54, 1.807) is 27.9 Å². The van der Waals surface area contributed by atoms with E-state index in [4.69, 9.17) is 15.0 Å². The molecule has 4 heterocycles. The molecule has 8 nitrogen and oxygen atoms in total. The molecular formula is C27H25N7O. The third-order valence-corrected chi connectivity index (χ3v) is 6.58.